The van der Waals surface area contributed by atoms with Crippen molar-refractivity contribution < 1.29 is 30.8 Å². The lowest BCUT2D eigenvalue weighted by atomic mass is 10.2. The van der Waals surface area contributed by atoms with Crippen LogP contribution in [0.3, 0.4) is 0 Å². The molecule has 0 saturated heterocycles. The summed E-state index contributed by atoms with van der Waals surface area (Å²) < 4.78 is 80.6. The van der Waals surface area contributed by atoms with Crippen LogP contribution in [-0.2, 0) is 27.5 Å². The summed E-state index contributed by atoms with van der Waals surface area (Å²) >= 11 is 15.3. The van der Waals surface area contributed by atoms with Crippen molar-refractivity contribution >= 4 is 60.7 Å². The smallest absolute Gasteiger partial charge is 0.325 e. The van der Waals surface area contributed by atoms with Crippen molar-refractivity contribution in [3.05, 3.63) is 92.1 Å². The minimum absolute atomic E-state index is 0.125. The first-order valence-electron chi connectivity index (χ1n) is 9.63. The van der Waals surface area contributed by atoms with E-state index in [0.717, 1.165) is 10.4 Å². The number of benzene rings is 3. The molecular weight excluding hydrogens is 599 g/mol. The number of anilines is 1. The highest BCUT2D eigenvalue weighted by atomic mass is 79.9. The summed E-state index contributed by atoms with van der Waals surface area (Å²) in [6.07, 6.45) is -4.98. The van der Waals surface area contributed by atoms with Gasteiger partial charge in [-0.25, -0.2) is 12.8 Å². The molecule has 0 aromatic heterocycles. The summed E-state index contributed by atoms with van der Waals surface area (Å²) in [5.41, 5.74) is -1.58. The van der Waals surface area contributed by atoms with Crippen molar-refractivity contribution in [2.75, 3.05) is 11.9 Å². The summed E-state index contributed by atoms with van der Waals surface area (Å²) in [5, 5.41) is 2.65. The fraction of sp³-hybridized carbons (Fsp3) is 0.136. The summed E-state index contributed by atoms with van der Waals surface area (Å²) in [6.45, 7) is -1.10. The standard InChI is InChI=1S/C22H15BrCl2F4N2O3S/c23-14-2-6-17(7-3-14)35(33,34)31(11-13-1-4-15(24)9-19(13)25)12-21(32)30-16-5-8-20(26)18(10-16)22(27,28)29/h1-10H,11-12H2,(H,30,32). The van der Waals surface area contributed by atoms with Crippen molar-refractivity contribution in [1.29, 1.82) is 0 Å². The molecule has 35 heavy (non-hydrogen) atoms. The predicted molar refractivity (Wildman–Crippen MR) is 128 cm³/mol. The van der Waals surface area contributed by atoms with E-state index in [2.05, 4.69) is 21.2 Å². The molecule has 13 heteroatoms. The maximum Gasteiger partial charge on any atom is 0.419 e. The second-order valence-electron chi connectivity index (χ2n) is 7.20. The van der Waals surface area contributed by atoms with E-state index in [1.165, 1.54) is 42.5 Å². The van der Waals surface area contributed by atoms with Crippen LogP contribution in [0.5, 0.6) is 0 Å². The number of hydrogen-bond donors (Lipinski definition) is 1. The number of carbonyl (C=O) groups excluding carboxylic acids is 1. The Morgan fingerprint density at radius 2 is 1.66 bits per heavy atom. The van der Waals surface area contributed by atoms with Gasteiger partial charge in [-0.3, -0.25) is 4.79 Å². The largest absolute Gasteiger partial charge is 0.419 e. The first-order valence-corrected chi connectivity index (χ1v) is 12.6. The Morgan fingerprint density at radius 3 is 2.26 bits per heavy atom. The molecular formula is C22H15BrCl2F4N2O3S. The number of rotatable bonds is 7. The minimum Gasteiger partial charge on any atom is -0.325 e. The van der Waals surface area contributed by atoms with Crippen LogP contribution >= 0.6 is 39.1 Å². The van der Waals surface area contributed by atoms with E-state index in [9.17, 15) is 30.8 Å². The van der Waals surface area contributed by atoms with Crippen LogP contribution in [-0.4, -0.2) is 25.2 Å². The molecule has 0 atom stereocenters. The van der Waals surface area contributed by atoms with Crippen molar-refractivity contribution in [1.82, 2.24) is 4.31 Å². The van der Waals surface area contributed by atoms with Gasteiger partial charge in [0.2, 0.25) is 15.9 Å². The molecule has 5 nitrogen and oxygen atoms in total. The lowest BCUT2D eigenvalue weighted by molar-refractivity contribution is -0.140. The lowest BCUT2D eigenvalue weighted by Crippen LogP contribution is -2.37. The number of amides is 1. The van der Waals surface area contributed by atoms with Gasteiger partial charge in [0.15, 0.2) is 0 Å². The van der Waals surface area contributed by atoms with Crippen LogP contribution in [0, 0.1) is 5.82 Å². The fourth-order valence-electron chi connectivity index (χ4n) is 3.00. The molecule has 3 rings (SSSR count). The number of halogens is 7. The van der Waals surface area contributed by atoms with E-state index in [4.69, 9.17) is 23.2 Å². The van der Waals surface area contributed by atoms with Gasteiger partial charge in [0.05, 0.1) is 17.0 Å². The molecule has 0 unspecified atom stereocenters. The van der Waals surface area contributed by atoms with Gasteiger partial charge >= 0.3 is 6.18 Å². The molecule has 0 saturated carbocycles. The summed E-state index contributed by atoms with van der Waals surface area (Å²) in [6, 6.07) is 11.9. The highest BCUT2D eigenvalue weighted by Crippen LogP contribution is 2.33. The predicted octanol–water partition coefficient (Wildman–Crippen LogP) is 6.74. The van der Waals surface area contributed by atoms with E-state index in [1.807, 2.05) is 0 Å². The van der Waals surface area contributed by atoms with E-state index in [1.54, 1.807) is 0 Å². The van der Waals surface area contributed by atoms with Crippen molar-refractivity contribution in [3.8, 4) is 0 Å². The number of sulfonamides is 1. The third-order valence-corrected chi connectivity index (χ3v) is 7.61. The topological polar surface area (TPSA) is 66.5 Å². The van der Waals surface area contributed by atoms with Crippen molar-refractivity contribution in [2.45, 2.75) is 17.6 Å². The van der Waals surface area contributed by atoms with Crippen molar-refractivity contribution in [2.24, 2.45) is 0 Å². The van der Waals surface area contributed by atoms with E-state index in [0.29, 0.717) is 27.2 Å². The van der Waals surface area contributed by atoms with Gasteiger partial charge in [-0.05, 0) is 60.2 Å². The van der Waals surface area contributed by atoms with Gasteiger partial charge in [0.1, 0.15) is 5.82 Å². The zero-order valence-electron chi connectivity index (χ0n) is 17.4. The molecule has 0 heterocycles. The Balaban J connectivity index is 1.92. The normalized spacial score (nSPS) is 12.1. The Hall–Kier alpha value is -2.18. The second kappa shape index (κ2) is 10.8. The first kappa shape index (κ1) is 27.4. The fourth-order valence-corrected chi connectivity index (χ4v) is 5.11. The molecule has 1 N–H and O–H groups in total. The number of alkyl halides is 3. The van der Waals surface area contributed by atoms with Crippen LogP contribution in [0.2, 0.25) is 10.0 Å². The van der Waals surface area contributed by atoms with Gasteiger partial charge in [-0.1, -0.05) is 45.2 Å². The van der Waals surface area contributed by atoms with Crippen LogP contribution < -0.4 is 5.32 Å². The summed E-state index contributed by atoms with van der Waals surface area (Å²) in [7, 11) is -4.25. The van der Waals surface area contributed by atoms with Gasteiger partial charge in [0, 0.05) is 26.8 Å². The molecule has 3 aromatic carbocycles. The van der Waals surface area contributed by atoms with E-state index < -0.39 is 40.0 Å². The second-order valence-corrected chi connectivity index (χ2v) is 10.9. The van der Waals surface area contributed by atoms with Crippen LogP contribution in [0.15, 0.2) is 70.0 Å². The first-order chi connectivity index (χ1) is 16.3. The van der Waals surface area contributed by atoms with Gasteiger partial charge in [-0.2, -0.15) is 17.5 Å². The lowest BCUT2D eigenvalue weighted by Gasteiger charge is -2.23. The number of nitrogens with zero attached hydrogens (tertiary/aromatic N) is 1. The highest BCUT2D eigenvalue weighted by Gasteiger charge is 2.34. The van der Waals surface area contributed by atoms with Gasteiger partial charge < -0.3 is 5.32 Å². The maximum atomic E-state index is 13.5. The maximum absolute atomic E-state index is 13.5. The zero-order chi connectivity index (χ0) is 26.0. The Labute approximate surface area is 216 Å². The van der Waals surface area contributed by atoms with Crippen LogP contribution in [0.4, 0.5) is 23.2 Å². The van der Waals surface area contributed by atoms with Gasteiger partial charge in [-0.15, -0.1) is 0 Å². The average Bonchev–Trinajstić information content (AvgIpc) is 2.76. The Morgan fingerprint density at radius 1 is 1.00 bits per heavy atom. The molecule has 0 aliphatic heterocycles. The molecule has 0 radical (unpaired) electrons. The average molecular weight is 614 g/mol. The number of hydrogen-bond acceptors (Lipinski definition) is 3. The third-order valence-electron chi connectivity index (χ3n) is 4.69. The Kier molecular flexibility index (Phi) is 8.48. The van der Waals surface area contributed by atoms with Crippen molar-refractivity contribution in [3.63, 3.8) is 0 Å². The number of carbonyl (C=O) groups is 1. The third kappa shape index (κ3) is 6.95. The molecule has 0 spiro atoms. The molecule has 0 aliphatic carbocycles. The monoisotopic (exact) mass is 612 g/mol. The minimum atomic E-state index is -4.98. The molecule has 0 aliphatic rings. The van der Waals surface area contributed by atoms with E-state index in [-0.39, 0.29) is 22.2 Å². The highest BCUT2D eigenvalue weighted by molar-refractivity contribution is 9.10. The molecule has 0 bridgehead atoms. The summed E-state index contributed by atoms with van der Waals surface area (Å²) in [4.78, 5) is 12.6. The molecule has 0 fully saturated rings. The quantitative estimate of drug-likeness (QED) is 0.300. The van der Waals surface area contributed by atoms with E-state index >= 15 is 0 Å². The SMILES string of the molecule is O=C(CN(Cc1ccc(Cl)cc1Cl)S(=O)(=O)c1ccc(Br)cc1)Nc1ccc(F)c(C(F)(F)F)c1. The van der Waals surface area contributed by atoms with Crippen LogP contribution in [0.25, 0.3) is 0 Å². The zero-order valence-corrected chi connectivity index (χ0v) is 21.3. The van der Waals surface area contributed by atoms with Crippen LogP contribution in [0.1, 0.15) is 11.1 Å². The van der Waals surface area contributed by atoms with Gasteiger partial charge in [0.25, 0.3) is 0 Å². The summed E-state index contributed by atoms with van der Waals surface area (Å²) in [5.74, 6) is -2.46. The molecule has 1 amide bonds. The molecule has 3 aromatic rings. The number of nitrogens with one attached hydrogen (secondary N) is 1. The molecule has 186 valence electrons. The Bertz CT molecular complexity index is 1350.